The zero-order valence-electron chi connectivity index (χ0n) is 9.44. The van der Waals surface area contributed by atoms with Crippen molar-refractivity contribution in [2.45, 2.75) is 19.4 Å². The fourth-order valence-electron chi connectivity index (χ4n) is 1.67. The van der Waals surface area contributed by atoms with Crippen LogP contribution in [0.5, 0.6) is 5.75 Å². The molecule has 2 N–H and O–H groups in total. The molecule has 0 radical (unpaired) electrons. The summed E-state index contributed by atoms with van der Waals surface area (Å²) in [5, 5.41) is 0. The van der Waals surface area contributed by atoms with Crippen molar-refractivity contribution in [3.05, 3.63) is 12.5 Å². The molecule has 0 bridgehead atoms. The molecule has 92 valence electrons. The van der Waals surface area contributed by atoms with Gasteiger partial charge in [-0.2, -0.15) is 0 Å². The highest BCUT2D eigenvalue weighted by Crippen LogP contribution is 2.30. The number of rotatable bonds is 3. The highest BCUT2D eigenvalue weighted by molar-refractivity contribution is 5.85. The van der Waals surface area contributed by atoms with Crippen LogP contribution >= 0.6 is 0 Å². The van der Waals surface area contributed by atoms with Crippen LogP contribution < -0.4 is 10.5 Å². The van der Waals surface area contributed by atoms with Gasteiger partial charge in [0.1, 0.15) is 11.0 Å². The fraction of sp³-hybridized carbons (Fsp3) is 0.400. The number of hydrogen-bond donors (Lipinski definition) is 1. The minimum Gasteiger partial charge on any atom is -0.491 e. The van der Waals surface area contributed by atoms with Crippen LogP contribution in [0.4, 0.5) is 14.6 Å². The Kier molecular flexibility index (Phi) is 2.60. The SMILES string of the molecule is COc1c(N)ncc2ncn(CC(C)(F)F)c12. The monoisotopic (exact) mass is 242 g/mol. The van der Waals surface area contributed by atoms with Gasteiger partial charge in [0.05, 0.1) is 26.2 Å². The van der Waals surface area contributed by atoms with Gasteiger partial charge in [0.25, 0.3) is 5.92 Å². The van der Waals surface area contributed by atoms with E-state index < -0.39 is 12.5 Å². The molecule has 0 unspecified atom stereocenters. The number of nitrogens with two attached hydrogens (primary N) is 1. The lowest BCUT2D eigenvalue weighted by atomic mass is 10.3. The molecule has 2 aromatic rings. The molecular weight excluding hydrogens is 230 g/mol. The molecule has 2 aromatic heterocycles. The van der Waals surface area contributed by atoms with Crippen LogP contribution in [-0.2, 0) is 6.54 Å². The average Bonchev–Trinajstić information content (AvgIpc) is 2.59. The molecule has 7 heteroatoms. The van der Waals surface area contributed by atoms with Gasteiger partial charge in [-0.1, -0.05) is 0 Å². The summed E-state index contributed by atoms with van der Waals surface area (Å²) in [7, 11) is 1.41. The lowest BCUT2D eigenvalue weighted by molar-refractivity contribution is 0.00489. The average molecular weight is 242 g/mol. The molecule has 2 rings (SSSR count). The van der Waals surface area contributed by atoms with Gasteiger partial charge in [-0.15, -0.1) is 0 Å². The maximum absolute atomic E-state index is 13.0. The predicted octanol–water partition coefficient (Wildman–Crippen LogP) is 1.68. The number of hydrogen-bond acceptors (Lipinski definition) is 4. The van der Waals surface area contributed by atoms with Crippen LogP contribution in [0.25, 0.3) is 11.0 Å². The Morgan fingerprint density at radius 2 is 2.18 bits per heavy atom. The standard InChI is InChI=1S/C10H12F2N4O/c1-10(11,12)4-16-5-15-6-3-14-9(13)8(17-2)7(6)16/h3,5H,4H2,1-2H3,(H2,13,14). The number of nitrogen functional groups attached to an aromatic ring is 1. The van der Waals surface area contributed by atoms with Gasteiger partial charge in [-0.05, 0) is 0 Å². The molecule has 0 atom stereocenters. The molecule has 0 fully saturated rings. The zero-order chi connectivity index (χ0) is 12.6. The summed E-state index contributed by atoms with van der Waals surface area (Å²) >= 11 is 0. The first-order valence-electron chi connectivity index (χ1n) is 4.93. The molecular formula is C10H12F2N4O. The van der Waals surface area contributed by atoms with Gasteiger partial charge in [-0.3, -0.25) is 0 Å². The van der Waals surface area contributed by atoms with E-state index in [2.05, 4.69) is 9.97 Å². The third kappa shape index (κ3) is 2.13. The Hall–Kier alpha value is -1.92. The number of nitrogens with zero attached hydrogens (tertiary/aromatic N) is 3. The number of alkyl halides is 2. The number of halogens is 2. The van der Waals surface area contributed by atoms with Crippen LogP contribution in [0.3, 0.4) is 0 Å². The van der Waals surface area contributed by atoms with Crippen molar-refractivity contribution in [1.29, 1.82) is 0 Å². The zero-order valence-corrected chi connectivity index (χ0v) is 9.44. The highest BCUT2D eigenvalue weighted by Gasteiger charge is 2.24. The third-order valence-corrected chi connectivity index (χ3v) is 2.29. The summed E-state index contributed by atoms with van der Waals surface area (Å²) in [5.74, 6) is -2.41. The quantitative estimate of drug-likeness (QED) is 0.889. The van der Waals surface area contributed by atoms with E-state index in [1.807, 2.05) is 0 Å². The van der Waals surface area contributed by atoms with Gasteiger partial charge in [0, 0.05) is 6.92 Å². The van der Waals surface area contributed by atoms with E-state index in [-0.39, 0.29) is 11.6 Å². The number of anilines is 1. The van der Waals surface area contributed by atoms with E-state index >= 15 is 0 Å². The molecule has 0 saturated heterocycles. The lowest BCUT2D eigenvalue weighted by Gasteiger charge is -2.13. The van der Waals surface area contributed by atoms with E-state index in [1.165, 1.54) is 24.2 Å². The van der Waals surface area contributed by atoms with E-state index in [9.17, 15) is 8.78 Å². The molecule has 0 aliphatic rings. The van der Waals surface area contributed by atoms with E-state index in [1.54, 1.807) is 0 Å². The minimum absolute atomic E-state index is 0.154. The fourth-order valence-corrected chi connectivity index (χ4v) is 1.67. The first-order valence-corrected chi connectivity index (χ1v) is 4.93. The summed E-state index contributed by atoms with van der Waals surface area (Å²) in [6.07, 6.45) is 2.75. The minimum atomic E-state index is -2.84. The Bertz CT molecular complexity index is 547. The molecule has 17 heavy (non-hydrogen) atoms. The van der Waals surface area contributed by atoms with Crippen molar-refractivity contribution >= 4 is 16.9 Å². The Morgan fingerprint density at radius 1 is 1.47 bits per heavy atom. The van der Waals surface area contributed by atoms with E-state index in [4.69, 9.17) is 10.5 Å². The number of imidazole rings is 1. The lowest BCUT2D eigenvalue weighted by Crippen LogP contribution is -2.18. The van der Waals surface area contributed by atoms with Crippen molar-refractivity contribution in [2.75, 3.05) is 12.8 Å². The van der Waals surface area contributed by atoms with Gasteiger partial charge < -0.3 is 15.0 Å². The van der Waals surface area contributed by atoms with Crippen molar-refractivity contribution < 1.29 is 13.5 Å². The number of pyridine rings is 1. The molecule has 0 spiro atoms. The Labute approximate surface area is 96.2 Å². The second-order valence-electron chi connectivity index (χ2n) is 3.85. The predicted molar refractivity (Wildman–Crippen MR) is 59.1 cm³/mol. The van der Waals surface area contributed by atoms with Gasteiger partial charge >= 0.3 is 0 Å². The summed E-state index contributed by atoms with van der Waals surface area (Å²) in [6.45, 7) is 0.360. The van der Waals surface area contributed by atoms with Crippen LogP contribution in [0.15, 0.2) is 12.5 Å². The second kappa shape index (κ2) is 3.83. The van der Waals surface area contributed by atoms with Gasteiger partial charge in [0.2, 0.25) is 0 Å². The van der Waals surface area contributed by atoms with Crippen LogP contribution in [0, 0.1) is 0 Å². The summed E-state index contributed by atoms with van der Waals surface area (Å²) in [6, 6.07) is 0. The number of fused-ring (bicyclic) bond motifs is 1. The number of methoxy groups -OCH3 is 1. The Morgan fingerprint density at radius 3 is 2.76 bits per heavy atom. The van der Waals surface area contributed by atoms with Crippen molar-refractivity contribution in [2.24, 2.45) is 0 Å². The number of ether oxygens (including phenoxy) is 1. The first-order chi connectivity index (χ1) is 7.92. The number of aromatic nitrogens is 3. The van der Waals surface area contributed by atoms with Crippen LogP contribution in [0.2, 0.25) is 0 Å². The topological polar surface area (TPSA) is 66.0 Å². The summed E-state index contributed by atoms with van der Waals surface area (Å²) in [4.78, 5) is 7.86. The summed E-state index contributed by atoms with van der Waals surface area (Å²) in [5.41, 5.74) is 6.53. The van der Waals surface area contributed by atoms with Crippen molar-refractivity contribution in [3.8, 4) is 5.75 Å². The van der Waals surface area contributed by atoms with Gasteiger partial charge in [0.15, 0.2) is 11.6 Å². The smallest absolute Gasteiger partial charge is 0.262 e. The van der Waals surface area contributed by atoms with Crippen LogP contribution in [0.1, 0.15) is 6.92 Å². The normalized spacial score (nSPS) is 12.0. The maximum atomic E-state index is 13.0. The molecule has 2 heterocycles. The first kappa shape index (κ1) is 11.6. The molecule has 0 aliphatic carbocycles. The van der Waals surface area contributed by atoms with Crippen LogP contribution in [-0.4, -0.2) is 27.6 Å². The molecule has 0 saturated carbocycles. The third-order valence-electron chi connectivity index (χ3n) is 2.29. The van der Waals surface area contributed by atoms with Crippen molar-refractivity contribution in [3.63, 3.8) is 0 Å². The van der Waals surface area contributed by atoms with Gasteiger partial charge in [-0.25, -0.2) is 18.7 Å². The van der Waals surface area contributed by atoms with E-state index in [0.29, 0.717) is 11.0 Å². The maximum Gasteiger partial charge on any atom is 0.262 e. The Balaban J connectivity index is 2.61. The largest absolute Gasteiger partial charge is 0.491 e. The molecule has 0 aromatic carbocycles. The van der Waals surface area contributed by atoms with E-state index in [0.717, 1.165) is 6.92 Å². The molecule has 5 nitrogen and oxygen atoms in total. The van der Waals surface area contributed by atoms with Crippen molar-refractivity contribution in [1.82, 2.24) is 14.5 Å². The molecule has 0 aliphatic heterocycles. The second-order valence-corrected chi connectivity index (χ2v) is 3.85. The summed E-state index contributed by atoms with van der Waals surface area (Å²) < 4.78 is 32.4. The highest BCUT2D eigenvalue weighted by atomic mass is 19.3. The molecule has 0 amide bonds.